The van der Waals surface area contributed by atoms with Gasteiger partial charge in [0.05, 0.1) is 6.04 Å². The molecule has 3 heteroatoms. The Bertz CT molecular complexity index is 581. The van der Waals surface area contributed by atoms with Crippen LogP contribution < -0.4 is 11.3 Å². The smallest absolute Gasteiger partial charge is 0.0511 e. The van der Waals surface area contributed by atoms with Crippen LogP contribution in [0.3, 0.4) is 0 Å². The van der Waals surface area contributed by atoms with E-state index in [0.717, 1.165) is 6.42 Å². The van der Waals surface area contributed by atoms with Crippen LogP contribution >= 0.6 is 11.8 Å². The fourth-order valence-electron chi connectivity index (χ4n) is 2.45. The van der Waals surface area contributed by atoms with E-state index < -0.39 is 0 Å². The van der Waals surface area contributed by atoms with Crippen molar-refractivity contribution in [3.8, 4) is 0 Å². The third-order valence-corrected chi connectivity index (χ3v) is 4.46. The first kappa shape index (κ1) is 15.1. The Hall–Kier alpha value is -1.29. The van der Waals surface area contributed by atoms with Crippen LogP contribution in [-0.4, -0.2) is 6.26 Å². The highest BCUT2D eigenvalue weighted by Crippen LogP contribution is 2.28. The number of nitrogens with two attached hydrogens (primary N) is 1. The molecule has 106 valence electrons. The summed E-state index contributed by atoms with van der Waals surface area (Å²) in [5.74, 6) is 5.81. The van der Waals surface area contributed by atoms with Crippen molar-refractivity contribution < 1.29 is 0 Å². The van der Waals surface area contributed by atoms with Gasteiger partial charge in [0, 0.05) is 4.90 Å². The second-order valence-corrected chi connectivity index (χ2v) is 5.94. The number of rotatable bonds is 5. The highest BCUT2D eigenvalue weighted by atomic mass is 32.2. The third-order valence-electron chi connectivity index (χ3n) is 3.64. The van der Waals surface area contributed by atoms with Crippen molar-refractivity contribution in [1.82, 2.24) is 5.43 Å². The third kappa shape index (κ3) is 3.42. The maximum atomic E-state index is 5.81. The molecule has 3 N–H and O–H groups in total. The molecule has 0 amide bonds. The molecule has 0 aliphatic rings. The van der Waals surface area contributed by atoms with Gasteiger partial charge in [0.15, 0.2) is 0 Å². The predicted octanol–water partition coefficient (Wildman–Crippen LogP) is 3.77. The van der Waals surface area contributed by atoms with Crippen LogP contribution in [0, 0.1) is 13.8 Å². The molecule has 0 aliphatic carbocycles. The molecular formula is C17H22N2S. The van der Waals surface area contributed by atoms with E-state index in [2.05, 4.69) is 68.0 Å². The Morgan fingerprint density at radius 2 is 1.90 bits per heavy atom. The van der Waals surface area contributed by atoms with Crippen molar-refractivity contribution in [2.45, 2.75) is 31.2 Å². The second kappa shape index (κ2) is 6.93. The van der Waals surface area contributed by atoms with Crippen molar-refractivity contribution in [2.24, 2.45) is 5.84 Å². The quantitative estimate of drug-likeness (QED) is 0.499. The number of hydrogen-bond acceptors (Lipinski definition) is 3. The SMILES string of the molecule is CSc1ccccc1C(Cc1cc(C)ccc1C)NN. The summed E-state index contributed by atoms with van der Waals surface area (Å²) >= 11 is 1.76. The Kier molecular flexibility index (Phi) is 5.24. The molecule has 1 atom stereocenters. The highest BCUT2D eigenvalue weighted by molar-refractivity contribution is 7.98. The Morgan fingerprint density at radius 3 is 2.60 bits per heavy atom. The fourth-order valence-corrected chi connectivity index (χ4v) is 3.11. The highest BCUT2D eigenvalue weighted by Gasteiger charge is 2.15. The van der Waals surface area contributed by atoms with Gasteiger partial charge in [-0.2, -0.15) is 0 Å². The molecule has 2 aromatic rings. The maximum Gasteiger partial charge on any atom is 0.0511 e. The zero-order valence-electron chi connectivity index (χ0n) is 12.3. The van der Waals surface area contributed by atoms with Crippen molar-refractivity contribution in [3.05, 3.63) is 64.7 Å². The number of thioether (sulfide) groups is 1. The van der Waals surface area contributed by atoms with E-state index in [4.69, 9.17) is 5.84 Å². The first-order valence-electron chi connectivity index (χ1n) is 6.81. The molecule has 0 bridgehead atoms. The van der Waals surface area contributed by atoms with Gasteiger partial charge in [-0.1, -0.05) is 42.0 Å². The topological polar surface area (TPSA) is 38.0 Å². The fraction of sp³-hybridized carbons (Fsp3) is 0.294. The lowest BCUT2D eigenvalue weighted by Crippen LogP contribution is -2.30. The van der Waals surface area contributed by atoms with E-state index >= 15 is 0 Å². The van der Waals surface area contributed by atoms with E-state index in [-0.39, 0.29) is 6.04 Å². The lowest BCUT2D eigenvalue weighted by atomic mass is 9.95. The number of aryl methyl sites for hydroxylation is 2. The molecule has 0 spiro atoms. The molecule has 20 heavy (non-hydrogen) atoms. The zero-order valence-corrected chi connectivity index (χ0v) is 13.1. The van der Waals surface area contributed by atoms with E-state index in [9.17, 15) is 0 Å². The summed E-state index contributed by atoms with van der Waals surface area (Å²) < 4.78 is 0. The monoisotopic (exact) mass is 286 g/mol. The zero-order chi connectivity index (χ0) is 14.5. The van der Waals surface area contributed by atoms with Gasteiger partial charge in [0.1, 0.15) is 0 Å². The van der Waals surface area contributed by atoms with Crippen LogP contribution in [0.4, 0.5) is 0 Å². The number of hydrazine groups is 1. The van der Waals surface area contributed by atoms with E-state index in [1.165, 1.54) is 27.1 Å². The van der Waals surface area contributed by atoms with Gasteiger partial charge in [-0.15, -0.1) is 11.8 Å². The van der Waals surface area contributed by atoms with Gasteiger partial charge >= 0.3 is 0 Å². The molecule has 0 radical (unpaired) electrons. The van der Waals surface area contributed by atoms with Crippen LogP contribution in [0.2, 0.25) is 0 Å². The number of nitrogens with one attached hydrogen (secondary N) is 1. The van der Waals surface area contributed by atoms with Crippen molar-refractivity contribution >= 4 is 11.8 Å². The minimum absolute atomic E-state index is 0.138. The van der Waals surface area contributed by atoms with Crippen molar-refractivity contribution in [1.29, 1.82) is 0 Å². The van der Waals surface area contributed by atoms with Crippen LogP contribution in [0.1, 0.15) is 28.3 Å². The Labute approximate surface area is 125 Å². The van der Waals surface area contributed by atoms with Gasteiger partial charge in [0.2, 0.25) is 0 Å². The molecule has 0 saturated heterocycles. The molecule has 0 heterocycles. The van der Waals surface area contributed by atoms with Crippen LogP contribution in [-0.2, 0) is 6.42 Å². The summed E-state index contributed by atoms with van der Waals surface area (Å²) in [4.78, 5) is 1.28. The standard InChI is InChI=1S/C17H22N2S/c1-12-8-9-13(2)14(10-12)11-16(19-18)15-6-4-5-7-17(15)20-3/h4-10,16,19H,11,18H2,1-3H3. The first-order chi connectivity index (χ1) is 9.65. The largest absolute Gasteiger partial charge is 0.271 e. The molecule has 2 rings (SSSR count). The predicted molar refractivity (Wildman–Crippen MR) is 87.9 cm³/mol. The minimum Gasteiger partial charge on any atom is -0.271 e. The molecule has 0 aromatic heterocycles. The second-order valence-electron chi connectivity index (χ2n) is 5.10. The minimum atomic E-state index is 0.138. The molecular weight excluding hydrogens is 264 g/mol. The van der Waals surface area contributed by atoms with Gasteiger partial charge in [-0.05, 0) is 49.3 Å². The Morgan fingerprint density at radius 1 is 1.15 bits per heavy atom. The molecule has 2 nitrogen and oxygen atoms in total. The summed E-state index contributed by atoms with van der Waals surface area (Å²) in [5, 5.41) is 0. The first-order valence-corrected chi connectivity index (χ1v) is 8.03. The van der Waals surface area contributed by atoms with Gasteiger partial charge in [-0.3, -0.25) is 11.3 Å². The van der Waals surface area contributed by atoms with Crippen molar-refractivity contribution in [3.63, 3.8) is 0 Å². The molecule has 1 unspecified atom stereocenters. The summed E-state index contributed by atoms with van der Waals surface area (Å²) in [5.41, 5.74) is 8.20. The van der Waals surface area contributed by atoms with Crippen LogP contribution in [0.25, 0.3) is 0 Å². The van der Waals surface area contributed by atoms with Gasteiger partial charge < -0.3 is 0 Å². The number of benzene rings is 2. The van der Waals surface area contributed by atoms with Crippen LogP contribution in [0.5, 0.6) is 0 Å². The molecule has 2 aromatic carbocycles. The lowest BCUT2D eigenvalue weighted by molar-refractivity contribution is 0.543. The molecule has 0 aliphatic heterocycles. The number of hydrogen-bond donors (Lipinski definition) is 2. The molecule has 0 saturated carbocycles. The van der Waals surface area contributed by atoms with E-state index in [1.807, 2.05) is 0 Å². The summed E-state index contributed by atoms with van der Waals surface area (Å²) in [6, 6.07) is 15.2. The van der Waals surface area contributed by atoms with Crippen molar-refractivity contribution in [2.75, 3.05) is 6.26 Å². The Balaban J connectivity index is 2.31. The average Bonchev–Trinajstić information content (AvgIpc) is 2.48. The average molecular weight is 286 g/mol. The van der Waals surface area contributed by atoms with E-state index in [1.54, 1.807) is 11.8 Å². The van der Waals surface area contributed by atoms with Gasteiger partial charge in [-0.25, -0.2) is 0 Å². The van der Waals surface area contributed by atoms with E-state index in [0.29, 0.717) is 0 Å². The summed E-state index contributed by atoms with van der Waals surface area (Å²) in [7, 11) is 0. The normalized spacial score (nSPS) is 12.4. The van der Waals surface area contributed by atoms with Gasteiger partial charge in [0.25, 0.3) is 0 Å². The molecule has 0 fully saturated rings. The lowest BCUT2D eigenvalue weighted by Gasteiger charge is -2.20. The van der Waals surface area contributed by atoms with Crippen LogP contribution in [0.15, 0.2) is 47.4 Å². The summed E-state index contributed by atoms with van der Waals surface area (Å²) in [6.07, 6.45) is 3.01. The maximum absolute atomic E-state index is 5.81. The summed E-state index contributed by atoms with van der Waals surface area (Å²) in [6.45, 7) is 4.28.